The third kappa shape index (κ3) is 5.04. The van der Waals surface area contributed by atoms with Crippen molar-refractivity contribution in [1.82, 2.24) is 34.5 Å². The van der Waals surface area contributed by atoms with Crippen molar-refractivity contribution in [1.29, 1.82) is 0 Å². The summed E-state index contributed by atoms with van der Waals surface area (Å²) in [5, 5.41) is 8.19. The SMILES string of the molecule is COc1ncnc(C2CC2)c1-c1ncc2nc(NCc3ccc(S(N)(=O)=O)cn3)c(=O)n(CC3CCC3)c2n1. The smallest absolute Gasteiger partial charge is 0.294 e. The Balaban J connectivity index is 1.39. The van der Waals surface area contributed by atoms with Crippen LogP contribution in [0.4, 0.5) is 5.82 Å². The molecule has 2 fully saturated rings. The van der Waals surface area contributed by atoms with E-state index in [1.807, 2.05) is 0 Å². The van der Waals surface area contributed by atoms with Gasteiger partial charge in [-0.05, 0) is 43.7 Å². The number of nitrogens with zero attached hydrogens (tertiary/aromatic N) is 7. The molecule has 0 saturated heterocycles. The van der Waals surface area contributed by atoms with Gasteiger partial charge in [-0.2, -0.15) is 0 Å². The Morgan fingerprint density at radius 3 is 2.54 bits per heavy atom. The summed E-state index contributed by atoms with van der Waals surface area (Å²) in [6.07, 6.45) is 9.56. The molecule has 0 atom stereocenters. The van der Waals surface area contributed by atoms with Gasteiger partial charge in [-0.3, -0.25) is 14.3 Å². The van der Waals surface area contributed by atoms with Gasteiger partial charge in [-0.15, -0.1) is 0 Å². The van der Waals surface area contributed by atoms with E-state index in [-0.39, 0.29) is 22.8 Å². The fraction of sp³-hybridized carbons (Fsp3) is 0.400. The molecule has 3 N–H and O–H groups in total. The summed E-state index contributed by atoms with van der Waals surface area (Å²) in [6.45, 7) is 0.673. The number of ether oxygens (including phenoxy) is 1. The van der Waals surface area contributed by atoms with Gasteiger partial charge in [0.1, 0.15) is 22.3 Å². The van der Waals surface area contributed by atoms with Gasteiger partial charge in [-0.25, -0.2) is 38.5 Å². The van der Waals surface area contributed by atoms with Crippen molar-refractivity contribution >= 4 is 27.0 Å². The molecule has 0 unspecified atom stereocenters. The summed E-state index contributed by atoms with van der Waals surface area (Å²) >= 11 is 0. The molecule has 4 heterocycles. The molecule has 13 nitrogen and oxygen atoms in total. The van der Waals surface area contributed by atoms with E-state index in [1.165, 1.54) is 24.7 Å². The number of primary sulfonamides is 1. The Labute approximate surface area is 224 Å². The molecule has 14 heteroatoms. The van der Waals surface area contributed by atoms with Crippen LogP contribution in [-0.4, -0.2) is 50.0 Å². The lowest BCUT2D eigenvalue weighted by atomic mass is 9.85. The Kier molecular flexibility index (Phi) is 6.43. The van der Waals surface area contributed by atoms with E-state index in [0.29, 0.717) is 52.5 Å². The Bertz CT molecular complexity index is 1720. The van der Waals surface area contributed by atoms with Gasteiger partial charge >= 0.3 is 0 Å². The first-order valence-electron chi connectivity index (χ1n) is 12.7. The maximum Gasteiger partial charge on any atom is 0.294 e. The molecule has 2 saturated carbocycles. The minimum Gasteiger partial charge on any atom is -0.480 e. The molecule has 0 bridgehead atoms. The van der Waals surface area contributed by atoms with Gasteiger partial charge in [-0.1, -0.05) is 6.42 Å². The minimum absolute atomic E-state index is 0.0869. The first-order chi connectivity index (χ1) is 18.8. The third-order valence-corrected chi connectivity index (χ3v) is 8.04. The number of methoxy groups -OCH3 is 1. The van der Waals surface area contributed by atoms with Gasteiger partial charge in [0.2, 0.25) is 15.9 Å². The number of hydrogen-bond donors (Lipinski definition) is 2. The van der Waals surface area contributed by atoms with Gasteiger partial charge in [0.05, 0.1) is 31.2 Å². The van der Waals surface area contributed by atoms with Gasteiger partial charge < -0.3 is 10.1 Å². The highest BCUT2D eigenvalue weighted by molar-refractivity contribution is 7.89. The number of nitrogens with one attached hydrogen (secondary N) is 1. The standard InChI is InChI=1S/C25H27N9O4S/c1-38-24-19(20(15-5-6-15)30-13-31-24)21-29-11-18-23(33-21)34(12-14-3-2-4-14)25(35)22(32-18)28-9-16-7-8-17(10-27-16)39(26,36)37/h7-8,10-11,13-15H,2-6,9,12H2,1H3,(H,28,32)(H2,26,36,37). The average molecular weight is 550 g/mol. The molecule has 202 valence electrons. The minimum atomic E-state index is -3.84. The third-order valence-electron chi connectivity index (χ3n) is 7.14. The van der Waals surface area contributed by atoms with E-state index in [0.717, 1.165) is 37.8 Å². The summed E-state index contributed by atoms with van der Waals surface area (Å²) in [5.74, 6) is 1.61. The van der Waals surface area contributed by atoms with Crippen molar-refractivity contribution in [3.05, 3.63) is 52.6 Å². The van der Waals surface area contributed by atoms with Crippen LogP contribution in [0.2, 0.25) is 0 Å². The molecule has 2 aliphatic carbocycles. The highest BCUT2D eigenvalue weighted by Gasteiger charge is 2.32. The summed E-state index contributed by atoms with van der Waals surface area (Å²) in [4.78, 5) is 40.3. The molecule has 6 rings (SSSR count). The lowest BCUT2D eigenvalue weighted by Crippen LogP contribution is -2.30. The summed E-state index contributed by atoms with van der Waals surface area (Å²) in [6, 6.07) is 2.90. The number of rotatable bonds is 9. The molecule has 0 radical (unpaired) electrons. The number of hydrogen-bond acceptors (Lipinski definition) is 11. The molecule has 0 spiro atoms. The average Bonchev–Trinajstić information content (AvgIpc) is 3.75. The highest BCUT2D eigenvalue weighted by Crippen LogP contribution is 2.44. The van der Waals surface area contributed by atoms with E-state index >= 15 is 0 Å². The van der Waals surface area contributed by atoms with E-state index in [4.69, 9.17) is 14.9 Å². The molecule has 4 aromatic rings. The van der Waals surface area contributed by atoms with Crippen LogP contribution < -0.4 is 20.8 Å². The first-order valence-corrected chi connectivity index (χ1v) is 14.2. The van der Waals surface area contributed by atoms with Crippen molar-refractivity contribution in [2.24, 2.45) is 11.1 Å². The first kappa shape index (κ1) is 25.2. The van der Waals surface area contributed by atoms with Crippen LogP contribution in [0, 0.1) is 5.92 Å². The summed E-state index contributed by atoms with van der Waals surface area (Å²) in [5.41, 5.74) is 2.60. The predicted molar refractivity (Wildman–Crippen MR) is 141 cm³/mol. The Hall–Kier alpha value is -4.04. The van der Waals surface area contributed by atoms with Crippen LogP contribution >= 0.6 is 0 Å². The molecular formula is C25H27N9O4S. The van der Waals surface area contributed by atoms with Gasteiger partial charge in [0, 0.05) is 18.7 Å². The second-order valence-corrected chi connectivity index (χ2v) is 11.4. The van der Waals surface area contributed by atoms with Crippen molar-refractivity contribution in [2.45, 2.75) is 56.0 Å². The molecule has 4 aromatic heterocycles. The molecular weight excluding hydrogens is 522 g/mol. The van der Waals surface area contributed by atoms with Gasteiger partial charge in [0.15, 0.2) is 17.3 Å². The van der Waals surface area contributed by atoms with E-state index < -0.39 is 10.0 Å². The van der Waals surface area contributed by atoms with E-state index in [1.54, 1.807) is 17.9 Å². The van der Waals surface area contributed by atoms with Crippen molar-refractivity contribution in [2.75, 3.05) is 12.4 Å². The van der Waals surface area contributed by atoms with Crippen LogP contribution in [0.25, 0.3) is 22.6 Å². The lowest BCUT2D eigenvalue weighted by Gasteiger charge is -2.26. The van der Waals surface area contributed by atoms with E-state index in [9.17, 15) is 13.2 Å². The number of pyridine rings is 1. The van der Waals surface area contributed by atoms with E-state index in [2.05, 4.69) is 30.2 Å². The zero-order chi connectivity index (χ0) is 27.1. The molecule has 2 aliphatic rings. The fourth-order valence-corrected chi connectivity index (χ4v) is 5.10. The second-order valence-electron chi connectivity index (χ2n) is 9.88. The monoisotopic (exact) mass is 549 g/mol. The maximum absolute atomic E-state index is 13.6. The maximum atomic E-state index is 13.6. The number of nitrogens with two attached hydrogens (primary N) is 1. The van der Waals surface area contributed by atoms with Crippen LogP contribution in [-0.2, 0) is 23.1 Å². The van der Waals surface area contributed by atoms with Gasteiger partial charge in [0.25, 0.3) is 5.56 Å². The van der Waals surface area contributed by atoms with Crippen LogP contribution in [0.5, 0.6) is 5.88 Å². The van der Waals surface area contributed by atoms with Crippen molar-refractivity contribution in [3.63, 3.8) is 0 Å². The molecule has 0 amide bonds. The largest absolute Gasteiger partial charge is 0.480 e. The van der Waals surface area contributed by atoms with Crippen LogP contribution in [0.3, 0.4) is 0 Å². The Morgan fingerprint density at radius 1 is 1.08 bits per heavy atom. The fourth-order valence-electron chi connectivity index (χ4n) is 4.65. The van der Waals surface area contributed by atoms with Crippen LogP contribution in [0.1, 0.15) is 49.4 Å². The normalized spacial score (nSPS) is 15.7. The number of fused-ring (bicyclic) bond motifs is 1. The lowest BCUT2D eigenvalue weighted by molar-refractivity contribution is 0.276. The summed E-state index contributed by atoms with van der Waals surface area (Å²) in [7, 11) is -2.29. The van der Waals surface area contributed by atoms with Crippen LogP contribution in [0.15, 0.2) is 40.5 Å². The molecule has 0 aromatic carbocycles. The van der Waals surface area contributed by atoms with Crippen molar-refractivity contribution in [3.8, 4) is 17.3 Å². The quantitative estimate of drug-likeness (QED) is 0.311. The summed E-state index contributed by atoms with van der Waals surface area (Å²) < 4.78 is 30.2. The van der Waals surface area contributed by atoms with Crippen molar-refractivity contribution < 1.29 is 13.2 Å². The number of aromatic nitrogens is 7. The Morgan fingerprint density at radius 2 is 1.90 bits per heavy atom. The zero-order valence-corrected chi connectivity index (χ0v) is 22.1. The highest BCUT2D eigenvalue weighted by atomic mass is 32.2. The molecule has 0 aliphatic heterocycles. The number of sulfonamides is 1. The second kappa shape index (κ2) is 9.93. The topological polar surface area (TPSA) is 181 Å². The zero-order valence-electron chi connectivity index (χ0n) is 21.2. The molecule has 39 heavy (non-hydrogen) atoms. The number of anilines is 1. The predicted octanol–water partition coefficient (Wildman–Crippen LogP) is 1.98.